The van der Waals surface area contributed by atoms with E-state index in [1.807, 2.05) is 60.7 Å². The number of alkyl halides is 1. The monoisotopic (exact) mass is 444 g/mol. The molecule has 0 bridgehead atoms. The van der Waals surface area contributed by atoms with Gasteiger partial charge in [-0.1, -0.05) is 70.5 Å². The Kier molecular flexibility index (Phi) is 3.99. The third-order valence-corrected chi connectivity index (χ3v) is 5.80. The highest BCUT2D eigenvalue weighted by Gasteiger charge is 2.28. The predicted molar refractivity (Wildman–Crippen MR) is 105 cm³/mol. The van der Waals surface area contributed by atoms with Crippen LogP contribution in [0.1, 0.15) is 5.56 Å². The van der Waals surface area contributed by atoms with Gasteiger partial charge >= 0.3 is 0 Å². The van der Waals surface area contributed by atoms with Crippen LogP contribution < -0.4 is 10.4 Å². The summed E-state index contributed by atoms with van der Waals surface area (Å²) in [6, 6.07) is 17.7. The molecule has 3 aromatic carbocycles. The number of halogens is 2. The zero-order chi connectivity index (χ0) is 16.8. The van der Waals surface area contributed by atoms with E-state index < -0.39 is 6.10 Å². The minimum absolute atomic E-state index is 0.152. The third-order valence-electron chi connectivity index (χ3n) is 4.43. The Morgan fingerprint density at radius 1 is 0.958 bits per heavy atom. The smallest absolute Gasteiger partial charge is 0.138 e. The number of phenolic OH excluding ortho intramolecular Hbond substituents is 1. The number of hydrogen-bond donors (Lipinski definition) is 2. The van der Waals surface area contributed by atoms with E-state index in [1.54, 1.807) is 0 Å². The van der Waals surface area contributed by atoms with Crippen molar-refractivity contribution in [1.82, 2.24) is 0 Å². The minimum atomic E-state index is -0.747. The molecule has 0 aromatic heterocycles. The first-order valence-electron chi connectivity index (χ1n) is 7.62. The van der Waals surface area contributed by atoms with Gasteiger partial charge in [0.2, 0.25) is 0 Å². The quantitative estimate of drug-likeness (QED) is 0.563. The molecule has 2 atom stereocenters. The first kappa shape index (κ1) is 15.9. The van der Waals surface area contributed by atoms with E-state index >= 15 is 0 Å². The van der Waals surface area contributed by atoms with Crippen LogP contribution in [0.15, 0.2) is 59.1 Å². The molecule has 0 fully saturated rings. The summed E-state index contributed by atoms with van der Waals surface area (Å²) in [5.74, 6) is 0.152. The van der Waals surface area contributed by atoms with Crippen molar-refractivity contribution in [3.8, 4) is 5.75 Å². The van der Waals surface area contributed by atoms with E-state index in [-0.39, 0.29) is 10.6 Å². The van der Waals surface area contributed by atoms with Crippen LogP contribution in [0.25, 0.3) is 22.4 Å². The zero-order valence-electron chi connectivity index (χ0n) is 12.6. The highest BCUT2D eigenvalue weighted by molar-refractivity contribution is 9.10. The van der Waals surface area contributed by atoms with Crippen molar-refractivity contribution in [1.29, 1.82) is 0 Å². The maximum Gasteiger partial charge on any atom is 0.138 e. The average Bonchev–Trinajstić information content (AvgIpc) is 2.58. The van der Waals surface area contributed by atoms with Crippen LogP contribution >= 0.6 is 31.9 Å². The summed E-state index contributed by atoms with van der Waals surface area (Å²) in [6.45, 7) is 0. The maximum absolute atomic E-state index is 10.9. The number of benzene rings is 3. The fraction of sp³-hybridized carbons (Fsp3) is 0.100. The molecule has 2 nitrogen and oxygen atoms in total. The number of phenols is 1. The van der Waals surface area contributed by atoms with Gasteiger partial charge in [-0.2, -0.15) is 0 Å². The van der Waals surface area contributed by atoms with Gasteiger partial charge in [-0.25, -0.2) is 0 Å². The molecule has 1 unspecified atom stereocenters. The molecule has 3 aromatic rings. The number of aliphatic hydroxyl groups excluding tert-OH is 1. The van der Waals surface area contributed by atoms with Crippen LogP contribution in [0.3, 0.4) is 0 Å². The van der Waals surface area contributed by atoms with Crippen LogP contribution in [0, 0.1) is 0 Å². The Morgan fingerprint density at radius 2 is 1.67 bits per heavy atom. The summed E-state index contributed by atoms with van der Waals surface area (Å²) < 4.78 is 0.619. The van der Waals surface area contributed by atoms with Crippen molar-refractivity contribution in [2.75, 3.05) is 0 Å². The highest BCUT2D eigenvalue weighted by atomic mass is 79.9. The molecule has 0 amide bonds. The largest absolute Gasteiger partial charge is 0.506 e. The molecule has 0 radical (unpaired) electrons. The molecule has 2 N–H and O–H groups in total. The van der Waals surface area contributed by atoms with Gasteiger partial charge in [0, 0.05) is 11.1 Å². The molecule has 24 heavy (non-hydrogen) atoms. The lowest BCUT2D eigenvalue weighted by molar-refractivity contribution is 0.244. The molecule has 1 aliphatic rings. The average molecular weight is 446 g/mol. The summed E-state index contributed by atoms with van der Waals surface area (Å²) >= 11 is 6.99. The van der Waals surface area contributed by atoms with Crippen molar-refractivity contribution < 1.29 is 10.2 Å². The lowest BCUT2D eigenvalue weighted by Gasteiger charge is -2.24. The minimum Gasteiger partial charge on any atom is -0.506 e. The van der Waals surface area contributed by atoms with Crippen LogP contribution in [0.4, 0.5) is 0 Å². The number of fused-ring (bicyclic) bond motifs is 2. The van der Waals surface area contributed by atoms with Crippen molar-refractivity contribution in [3.63, 3.8) is 0 Å². The van der Waals surface area contributed by atoms with Gasteiger partial charge in [-0.05, 0) is 43.2 Å². The normalized spacial score (nSPS) is 19.9. The van der Waals surface area contributed by atoms with Crippen molar-refractivity contribution in [2.24, 2.45) is 0 Å². The number of hydrogen-bond acceptors (Lipinski definition) is 2. The van der Waals surface area contributed by atoms with E-state index in [2.05, 4.69) is 31.9 Å². The molecular formula is C20H14Br2O2. The Balaban J connectivity index is 2.23. The summed E-state index contributed by atoms with van der Waals surface area (Å²) in [5.41, 5.74) is 1.42. The zero-order valence-corrected chi connectivity index (χ0v) is 15.8. The molecular weight excluding hydrogens is 432 g/mol. The van der Waals surface area contributed by atoms with Crippen LogP contribution in [-0.2, 0) is 0 Å². The molecule has 120 valence electrons. The topological polar surface area (TPSA) is 40.5 Å². The van der Waals surface area contributed by atoms with Crippen molar-refractivity contribution >= 4 is 54.3 Å². The van der Waals surface area contributed by atoms with Gasteiger partial charge in [-0.3, -0.25) is 0 Å². The molecule has 4 rings (SSSR count). The second-order valence-electron chi connectivity index (χ2n) is 5.86. The van der Waals surface area contributed by atoms with E-state index in [0.717, 1.165) is 26.8 Å². The second kappa shape index (κ2) is 6.03. The fourth-order valence-corrected chi connectivity index (χ4v) is 4.32. The standard InChI is InChI=1S/C20H14Br2O2/c21-15-9-11-5-1-3-7-13(11)17(19(15)23)18-14-8-4-2-6-12(14)10-16(22)20(18)24/h1-10,15,19,23-24H/t15?,19-/m0/s1. The van der Waals surface area contributed by atoms with Crippen LogP contribution in [0.5, 0.6) is 5.75 Å². The molecule has 1 aliphatic carbocycles. The summed E-state index contributed by atoms with van der Waals surface area (Å²) in [6.07, 6.45) is 1.25. The van der Waals surface area contributed by atoms with Gasteiger partial charge < -0.3 is 10.2 Å². The van der Waals surface area contributed by atoms with Gasteiger partial charge in [0.15, 0.2) is 0 Å². The maximum atomic E-state index is 10.9. The lowest BCUT2D eigenvalue weighted by Crippen LogP contribution is -2.40. The van der Waals surface area contributed by atoms with E-state index in [4.69, 9.17) is 0 Å². The SMILES string of the molecule is Oc1c(Br)cc2ccccc2c1C1=c2ccccc2=CC(Br)[C@@H]1O. The third kappa shape index (κ3) is 2.41. The molecule has 4 heteroatoms. The van der Waals surface area contributed by atoms with Crippen LogP contribution in [0.2, 0.25) is 0 Å². The molecule has 0 saturated carbocycles. The number of rotatable bonds is 1. The van der Waals surface area contributed by atoms with Crippen molar-refractivity contribution in [2.45, 2.75) is 10.9 Å². The summed E-state index contributed by atoms with van der Waals surface area (Å²) in [7, 11) is 0. The van der Waals surface area contributed by atoms with Gasteiger partial charge in [0.25, 0.3) is 0 Å². The van der Waals surface area contributed by atoms with Crippen molar-refractivity contribution in [3.05, 3.63) is 75.1 Å². The van der Waals surface area contributed by atoms with Gasteiger partial charge in [-0.15, -0.1) is 0 Å². The van der Waals surface area contributed by atoms with E-state index in [0.29, 0.717) is 10.0 Å². The van der Waals surface area contributed by atoms with E-state index in [9.17, 15) is 10.2 Å². The number of aliphatic hydroxyl groups is 1. The second-order valence-corrected chi connectivity index (χ2v) is 7.77. The first-order chi connectivity index (χ1) is 11.6. The van der Waals surface area contributed by atoms with Gasteiger partial charge in [0.1, 0.15) is 5.75 Å². The van der Waals surface area contributed by atoms with E-state index in [1.165, 1.54) is 0 Å². The first-order valence-corrected chi connectivity index (χ1v) is 9.32. The summed E-state index contributed by atoms with van der Waals surface area (Å²) in [4.78, 5) is -0.209. The lowest BCUT2D eigenvalue weighted by atomic mass is 9.88. The Morgan fingerprint density at radius 3 is 2.50 bits per heavy atom. The molecule has 0 heterocycles. The Hall–Kier alpha value is -1.62. The fourth-order valence-electron chi connectivity index (χ4n) is 3.33. The molecule has 0 saturated heterocycles. The highest BCUT2D eigenvalue weighted by Crippen LogP contribution is 2.40. The van der Waals surface area contributed by atoms with Gasteiger partial charge in [0.05, 0.1) is 15.4 Å². The Bertz CT molecular complexity index is 1070. The van der Waals surface area contributed by atoms with Crippen LogP contribution in [-0.4, -0.2) is 21.1 Å². The molecule has 0 spiro atoms. The number of aromatic hydroxyl groups is 1. The molecule has 0 aliphatic heterocycles. The predicted octanol–water partition coefficient (Wildman–Crippen LogP) is 3.43. The summed E-state index contributed by atoms with van der Waals surface area (Å²) in [5, 5.41) is 25.6. The Labute approximate surface area is 156 Å².